The van der Waals surface area contributed by atoms with Crippen LogP contribution in [0.15, 0.2) is 24.4 Å². The molecule has 0 spiro atoms. The molecule has 0 saturated heterocycles. The Kier molecular flexibility index (Phi) is 2.78. The Morgan fingerprint density at radius 1 is 1.21 bits per heavy atom. The molecular formula is C9H8ClNO3. The number of phenols is 2. The van der Waals surface area contributed by atoms with Crippen LogP contribution in [0.5, 0.6) is 11.5 Å². The van der Waals surface area contributed by atoms with Gasteiger partial charge in [0.2, 0.25) is 0 Å². The number of hydrogen-bond acceptors (Lipinski definition) is 3. The van der Waals surface area contributed by atoms with Gasteiger partial charge in [0.15, 0.2) is 0 Å². The Morgan fingerprint density at radius 3 is 2.64 bits per heavy atom. The van der Waals surface area contributed by atoms with Gasteiger partial charge in [0.05, 0.1) is 5.02 Å². The maximum atomic E-state index is 9.40. The van der Waals surface area contributed by atoms with E-state index in [0.717, 1.165) is 0 Å². The highest BCUT2D eigenvalue weighted by Crippen LogP contribution is 2.31. The second-order valence-electron chi connectivity index (χ2n) is 2.65. The minimum Gasteiger partial charge on any atom is -0.508 e. The first kappa shape index (κ1) is 10.6. The van der Waals surface area contributed by atoms with E-state index in [4.69, 9.17) is 11.6 Å². The molecule has 0 aliphatic carbocycles. The predicted molar refractivity (Wildman–Crippen MR) is 53.7 cm³/mol. The summed E-state index contributed by atoms with van der Waals surface area (Å²) in [6.45, 7) is 0. The predicted octanol–water partition coefficient (Wildman–Crippen LogP) is 1.47. The summed E-state index contributed by atoms with van der Waals surface area (Å²) < 4.78 is 0. The Balaban J connectivity index is 0.000000980. The van der Waals surface area contributed by atoms with Crippen molar-refractivity contribution in [3.63, 3.8) is 0 Å². The molecule has 2 rings (SSSR count). The minimum absolute atomic E-state index is 0. The molecule has 2 aromatic rings. The van der Waals surface area contributed by atoms with E-state index in [1.807, 2.05) is 0 Å². The molecule has 0 aliphatic rings. The monoisotopic (exact) mass is 213 g/mol. The highest BCUT2D eigenvalue weighted by molar-refractivity contribution is 6.35. The Morgan fingerprint density at radius 2 is 1.93 bits per heavy atom. The molecule has 74 valence electrons. The number of fused-ring (bicyclic) bond motifs is 1. The molecule has 0 amide bonds. The third kappa shape index (κ3) is 1.57. The molecule has 0 fully saturated rings. The van der Waals surface area contributed by atoms with E-state index in [1.165, 1.54) is 18.3 Å². The van der Waals surface area contributed by atoms with Crippen LogP contribution in [0.3, 0.4) is 0 Å². The SMILES string of the molecule is O.Oc1cc(O)c2nccc(Cl)c2c1. The number of benzene rings is 1. The molecule has 14 heavy (non-hydrogen) atoms. The average molecular weight is 214 g/mol. The standard InChI is InChI=1S/C9H6ClNO2.H2O/c10-7-1-2-11-9-6(7)3-5(12)4-8(9)13;/h1-4,12-13H;1H2. The van der Waals surface area contributed by atoms with E-state index >= 15 is 0 Å². The quantitative estimate of drug-likeness (QED) is 0.695. The van der Waals surface area contributed by atoms with Gasteiger partial charge in [-0.15, -0.1) is 0 Å². The number of phenolic OH excluding ortho intramolecular Hbond substituents is 2. The molecule has 5 heteroatoms. The summed E-state index contributed by atoms with van der Waals surface area (Å²) in [5.74, 6) is -0.0996. The molecule has 0 radical (unpaired) electrons. The van der Waals surface area contributed by atoms with Crippen LogP contribution in [0.25, 0.3) is 10.9 Å². The topological polar surface area (TPSA) is 84.9 Å². The second kappa shape index (κ2) is 3.69. The number of aromatic hydroxyl groups is 2. The fourth-order valence-corrected chi connectivity index (χ4v) is 1.39. The third-order valence-electron chi connectivity index (χ3n) is 1.76. The molecule has 1 heterocycles. The van der Waals surface area contributed by atoms with Crippen molar-refractivity contribution in [1.29, 1.82) is 0 Å². The number of halogens is 1. The lowest BCUT2D eigenvalue weighted by atomic mass is 10.2. The van der Waals surface area contributed by atoms with Crippen molar-refractivity contribution in [2.75, 3.05) is 0 Å². The average Bonchev–Trinajstić information content (AvgIpc) is 2.07. The van der Waals surface area contributed by atoms with Gasteiger partial charge in [-0.05, 0) is 12.1 Å². The van der Waals surface area contributed by atoms with E-state index < -0.39 is 0 Å². The summed E-state index contributed by atoms with van der Waals surface area (Å²) >= 11 is 5.84. The van der Waals surface area contributed by atoms with Crippen LogP contribution in [0.4, 0.5) is 0 Å². The van der Waals surface area contributed by atoms with Crippen molar-refractivity contribution in [2.45, 2.75) is 0 Å². The summed E-state index contributed by atoms with van der Waals surface area (Å²) in [7, 11) is 0. The first-order chi connectivity index (χ1) is 6.18. The maximum absolute atomic E-state index is 9.40. The van der Waals surface area contributed by atoms with Crippen LogP contribution >= 0.6 is 11.6 Å². The smallest absolute Gasteiger partial charge is 0.145 e. The summed E-state index contributed by atoms with van der Waals surface area (Å²) in [6.07, 6.45) is 1.50. The van der Waals surface area contributed by atoms with Crippen molar-refractivity contribution >= 4 is 22.5 Å². The van der Waals surface area contributed by atoms with Crippen molar-refractivity contribution in [3.8, 4) is 11.5 Å². The molecule has 1 aromatic carbocycles. The number of pyridine rings is 1. The zero-order valence-electron chi connectivity index (χ0n) is 7.03. The lowest BCUT2D eigenvalue weighted by molar-refractivity contribution is 0.454. The second-order valence-corrected chi connectivity index (χ2v) is 3.06. The van der Waals surface area contributed by atoms with Gasteiger partial charge in [-0.2, -0.15) is 0 Å². The Bertz CT molecular complexity index is 473. The van der Waals surface area contributed by atoms with Crippen molar-refractivity contribution in [3.05, 3.63) is 29.4 Å². The van der Waals surface area contributed by atoms with Crippen molar-refractivity contribution in [2.24, 2.45) is 0 Å². The van der Waals surface area contributed by atoms with Gasteiger partial charge in [-0.3, -0.25) is 4.98 Å². The van der Waals surface area contributed by atoms with Crippen molar-refractivity contribution < 1.29 is 15.7 Å². The summed E-state index contributed by atoms with van der Waals surface area (Å²) in [6, 6.07) is 4.29. The van der Waals surface area contributed by atoms with Gasteiger partial charge in [0, 0.05) is 17.6 Å². The third-order valence-corrected chi connectivity index (χ3v) is 2.09. The molecular weight excluding hydrogens is 206 g/mol. The van der Waals surface area contributed by atoms with Crippen LogP contribution in [0, 0.1) is 0 Å². The molecule has 0 saturated carbocycles. The fourth-order valence-electron chi connectivity index (χ4n) is 1.19. The van der Waals surface area contributed by atoms with Crippen LogP contribution in [-0.2, 0) is 0 Å². The summed E-state index contributed by atoms with van der Waals surface area (Å²) in [4.78, 5) is 3.94. The molecule has 4 N–H and O–H groups in total. The van der Waals surface area contributed by atoms with Crippen molar-refractivity contribution in [1.82, 2.24) is 4.98 Å². The van der Waals surface area contributed by atoms with E-state index in [1.54, 1.807) is 6.07 Å². The van der Waals surface area contributed by atoms with Crippen LogP contribution < -0.4 is 0 Å². The highest BCUT2D eigenvalue weighted by Gasteiger charge is 2.05. The van der Waals surface area contributed by atoms with Gasteiger partial charge in [0.1, 0.15) is 17.0 Å². The normalized spacial score (nSPS) is 9.79. The minimum atomic E-state index is -0.0718. The number of aromatic nitrogens is 1. The number of hydrogen-bond donors (Lipinski definition) is 2. The molecule has 0 unspecified atom stereocenters. The van der Waals surface area contributed by atoms with E-state index in [2.05, 4.69) is 4.98 Å². The van der Waals surface area contributed by atoms with E-state index in [9.17, 15) is 10.2 Å². The zero-order chi connectivity index (χ0) is 9.42. The molecule has 0 bridgehead atoms. The molecule has 0 atom stereocenters. The van der Waals surface area contributed by atoms with Gasteiger partial charge in [-0.25, -0.2) is 0 Å². The van der Waals surface area contributed by atoms with E-state index in [-0.39, 0.29) is 17.0 Å². The highest BCUT2D eigenvalue weighted by atomic mass is 35.5. The Hall–Kier alpha value is -1.52. The largest absolute Gasteiger partial charge is 0.508 e. The first-order valence-corrected chi connectivity index (χ1v) is 4.02. The summed E-state index contributed by atoms with van der Waals surface area (Å²) in [5, 5.41) is 19.6. The zero-order valence-corrected chi connectivity index (χ0v) is 7.78. The van der Waals surface area contributed by atoms with Gasteiger partial charge < -0.3 is 15.7 Å². The van der Waals surface area contributed by atoms with Gasteiger partial charge >= 0.3 is 0 Å². The number of nitrogens with zero attached hydrogens (tertiary/aromatic N) is 1. The van der Waals surface area contributed by atoms with E-state index in [0.29, 0.717) is 15.9 Å². The fraction of sp³-hybridized carbons (Fsp3) is 0. The van der Waals surface area contributed by atoms with Crippen LogP contribution in [0.1, 0.15) is 0 Å². The molecule has 1 aromatic heterocycles. The first-order valence-electron chi connectivity index (χ1n) is 3.64. The lowest BCUT2D eigenvalue weighted by Crippen LogP contribution is -1.80. The van der Waals surface area contributed by atoms with Crippen LogP contribution in [0.2, 0.25) is 5.02 Å². The maximum Gasteiger partial charge on any atom is 0.145 e. The number of rotatable bonds is 0. The Labute approximate surface area is 84.7 Å². The van der Waals surface area contributed by atoms with Crippen LogP contribution in [-0.4, -0.2) is 20.7 Å². The molecule has 0 aliphatic heterocycles. The van der Waals surface area contributed by atoms with Gasteiger partial charge in [0.25, 0.3) is 0 Å². The molecule has 4 nitrogen and oxygen atoms in total. The summed E-state index contributed by atoms with van der Waals surface area (Å²) in [5.41, 5.74) is 0.394. The van der Waals surface area contributed by atoms with Gasteiger partial charge in [-0.1, -0.05) is 11.6 Å². The lowest BCUT2D eigenvalue weighted by Gasteiger charge is -2.02.